The number of nitrogens with one attached hydrogen (secondary N) is 2. The molecule has 21 heavy (non-hydrogen) atoms. The van der Waals surface area contributed by atoms with Crippen molar-refractivity contribution in [3.05, 3.63) is 22.4 Å². The number of aromatic nitrogens is 4. The Hall–Kier alpha value is -1.89. The fourth-order valence-electron chi connectivity index (χ4n) is 3.44. The van der Waals surface area contributed by atoms with Crippen LogP contribution >= 0.6 is 0 Å². The number of aryl methyl sites for hydroxylation is 1. The van der Waals surface area contributed by atoms with E-state index in [4.69, 9.17) is 5.73 Å². The highest BCUT2D eigenvalue weighted by Gasteiger charge is 2.34. The number of H-pyrrole nitrogens is 1. The second-order valence-electron chi connectivity index (χ2n) is 6.22. The lowest BCUT2D eigenvalue weighted by Gasteiger charge is -2.40. The first-order valence-electron chi connectivity index (χ1n) is 7.46. The van der Waals surface area contributed by atoms with E-state index in [0.29, 0.717) is 23.9 Å². The number of aromatic amines is 1. The summed E-state index contributed by atoms with van der Waals surface area (Å²) in [5, 5.41) is 9.97. The number of nitrogens with two attached hydrogens (primary N) is 1. The molecule has 4 N–H and O–H groups in total. The van der Waals surface area contributed by atoms with Crippen molar-refractivity contribution >= 4 is 11.5 Å². The maximum absolute atomic E-state index is 11.6. The van der Waals surface area contributed by atoms with E-state index in [1.807, 2.05) is 0 Å². The molecule has 0 bridgehead atoms. The lowest BCUT2D eigenvalue weighted by Crippen LogP contribution is -2.49. The summed E-state index contributed by atoms with van der Waals surface area (Å²) in [7, 11) is 0. The highest BCUT2D eigenvalue weighted by atomic mass is 16.1. The molecule has 2 aromatic rings. The Morgan fingerprint density at radius 1 is 1.62 bits per heavy atom. The van der Waals surface area contributed by atoms with E-state index in [1.165, 1.54) is 17.2 Å². The number of hydrogen-bond donors (Lipinski definition) is 3. The number of rotatable bonds is 3. The summed E-state index contributed by atoms with van der Waals surface area (Å²) in [6.45, 7) is 4.64. The quantitative estimate of drug-likeness (QED) is 0.784. The fraction of sp³-hybridized carbons (Fsp3) is 0.643. The Morgan fingerprint density at radius 3 is 3.14 bits per heavy atom. The van der Waals surface area contributed by atoms with Crippen molar-refractivity contribution < 1.29 is 0 Å². The molecule has 2 heterocycles. The predicted molar refractivity (Wildman–Crippen MR) is 81.4 cm³/mol. The minimum atomic E-state index is -0.263. The van der Waals surface area contributed by atoms with Crippen molar-refractivity contribution in [2.75, 3.05) is 11.9 Å². The van der Waals surface area contributed by atoms with Gasteiger partial charge in [0.2, 0.25) is 0 Å². The van der Waals surface area contributed by atoms with Crippen molar-refractivity contribution in [1.82, 2.24) is 19.6 Å². The summed E-state index contributed by atoms with van der Waals surface area (Å²) in [5.74, 6) is 2.01. The third-order valence-corrected chi connectivity index (χ3v) is 4.45. The molecule has 0 saturated heterocycles. The molecule has 1 saturated carbocycles. The summed E-state index contributed by atoms with van der Waals surface area (Å²) in [6.07, 6.45) is 4.52. The lowest BCUT2D eigenvalue weighted by atomic mass is 9.76. The van der Waals surface area contributed by atoms with E-state index in [1.54, 1.807) is 13.0 Å². The first kappa shape index (κ1) is 14.1. The second kappa shape index (κ2) is 5.14. The summed E-state index contributed by atoms with van der Waals surface area (Å²) >= 11 is 0. The Labute approximate surface area is 123 Å². The van der Waals surface area contributed by atoms with Crippen molar-refractivity contribution in [2.24, 2.45) is 11.7 Å². The minimum Gasteiger partial charge on any atom is -0.363 e. The zero-order valence-electron chi connectivity index (χ0n) is 12.5. The molecule has 0 amide bonds. The van der Waals surface area contributed by atoms with Gasteiger partial charge in [-0.1, -0.05) is 19.8 Å². The molecule has 7 nitrogen and oxygen atoms in total. The molecule has 3 rings (SSSR count). The minimum absolute atomic E-state index is 0.105. The van der Waals surface area contributed by atoms with E-state index >= 15 is 0 Å². The molecular formula is C14H22N6O. The molecule has 1 fully saturated rings. The largest absolute Gasteiger partial charge is 0.363 e. The van der Waals surface area contributed by atoms with Gasteiger partial charge in [-0.15, -0.1) is 0 Å². The summed E-state index contributed by atoms with van der Waals surface area (Å²) < 4.78 is 1.46. The van der Waals surface area contributed by atoms with E-state index in [0.717, 1.165) is 18.7 Å². The maximum atomic E-state index is 11.6. The van der Waals surface area contributed by atoms with Crippen molar-refractivity contribution in [3.63, 3.8) is 0 Å². The lowest BCUT2D eigenvalue weighted by molar-refractivity contribution is 0.263. The topological polar surface area (TPSA) is 101 Å². The average molecular weight is 290 g/mol. The molecule has 1 aliphatic rings. The SMILES string of the molecule is Cc1nc(NC2(CN)CCCC(C)C2)cc2n[nH]c(=O)n12. The Morgan fingerprint density at radius 2 is 2.43 bits per heavy atom. The van der Waals surface area contributed by atoms with Gasteiger partial charge in [-0.3, -0.25) is 0 Å². The van der Waals surface area contributed by atoms with Gasteiger partial charge in [0, 0.05) is 12.6 Å². The van der Waals surface area contributed by atoms with E-state index < -0.39 is 0 Å². The molecule has 114 valence electrons. The van der Waals surface area contributed by atoms with Crippen molar-refractivity contribution in [2.45, 2.75) is 45.1 Å². The zero-order valence-corrected chi connectivity index (χ0v) is 12.5. The van der Waals surface area contributed by atoms with E-state index in [-0.39, 0.29) is 11.2 Å². The van der Waals surface area contributed by atoms with Gasteiger partial charge in [-0.2, -0.15) is 5.10 Å². The Kier molecular flexibility index (Phi) is 3.44. The fourth-order valence-corrected chi connectivity index (χ4v) is 3.44. The molecule has 2 atom stereocenters. The van der Waals surface area contributed by atoms with Gasteiger partial charge >= 0.3 is 5.69 Å². The average Bonchev–Trinajstić information content (AvgIpc) is 2.80. The van der Waals surface area contributed by atoms with E-state index in [9.17, 15) is 4.79 Å². The maximum Gasteiger partial charge on any atom is 0.349 e. The van der Waals surface area contributed by atoms with Crippen LogP contribution in [0.1, 0.15) is 38.4 Å². The monoisotopic (exact) mass is 290 g/mol. The van der Waals surface area contributed by atoms with Crippen LogP contribution in [0, 0.1) is 12.8 Å². The van der Waals surface area contributed by atoms with Gasteiger partial charge < -0.3 is 11.1 Å². The smallest absolute Gasteiger partial charge is 0.349 e. The molecule has 2 unspecified atom stereocenters. The van der Waals surface area contributed by atoms with Crippen LogP contribution in [0.15, 0.2) is 10.9 Å². The van der Waals surface area contributed by atoms with Crippen LogP contribution in [0.5, 0.6) is 0 Å². The third-order valence-electron chi connectivity index (χ3n) is 4.45. The van der Waals surface area contributed by atoms with Gasteiger partial charge in [0.1, 0.15) is 11.6 Å². The van der Waals surface area contributed by atoms with Gasteiger partial charge in [-0.05, 0) is 25.7 Å². The highest BCUT2D eigenvalue weighted by Crippen LogP contribution is 2.34. The van der Waals surface area contributed by atoms with Crippen LogP contribution in [0.25, 0.3) is 5.65 Å². The Balaban J connectivity index is 1.95. The summed E-state index contributed by atoms with van der Waals surface area (Å²) in [4.78, 5) is 16.1. The van der Waals surface area contributed by atoms with Gasteiger partial charge in [-0.25, -0.2) is 19.3 Å². The molecular weight excluding hydrogens is 268 g/mol. The Bertz CT molecular complexity index is 705. The number of fused-ring (bicyclic) bond motifs is 1. The number of anilines is 1. The third kappa shape index (κ3) is 2.53. The second-order valence-corrected chi connectivity index (χ2v) is 6.22. The molecule has 2 aromatic heterocycles. The van der Waals surface area contributed by atoms with Gasteiger partial charge in [0.05, 0.1) is 5.54 Å². The molecule has 0 spiro atoms. The van der Waals surface area contributed by atoms with Crippen molar-refractivity contribution in [3.8, 4) is 0 Å². The van der Waals surface area contributed by atoms with Crippen LogP contribution < -0.4 is 16.7 Å². The molecule has 0 radical (unpaired) electrons. The normalized spacial score (nSPS) is 26.1. The van der Waals surface area contributed by atoms with Crippen LogP contribution in [-0.4, -0.2) is 31.7 Å². The number of hydrogen-bond acceptors (Lipinski definition) is 5. The van der Waals surface area contributed by atoms with E-state index in [2.05, 4.69) is 27.4 Å². The van der Waals surface area contributed by atoms with Gasteiger partial charge in [0.15, 0.2) is 5.65 Å². The molecule has 0 aromatic carbocycles. The standard InChI is InChI=1S/C14H22N6O/c1-9-4-3-5-14(7-9,8-15)17-11-6-12-18-19-13(21)20(12)10(2)16-11/h6,9,17H,3-5,7-8,15H2,1-2H3,(H,19,21). The number of nitrogens with zero attached hydrogens (tertiary/aromatic N) is 3. The van der Waals surface area contributed by atoms with Gasteiger partial charge in [0.25, 0.3) is 0 Å². The molecule has 1 aliphatic carbocycles. The summed E-state index contributed by atoms with van der Waals surface area (Å²) in [6, 6.07) is 1.79. The van der Waals surface area contributed by atoms with Crippen LogP contribution in [0.3, 0.4) is 0 Å². The zero-order chi connectivity index (χ0) is 15.0. The molecule has 0 aliphatic heterocycles. The first-order valence-corrected chi connectivity index (χ1v) is 7.46. The first-order chi connectivity index (χ1) is 10.0. The van der Waals surface area contributed by atoms with Crippen molar-refractivity contribution in [1.29, 1.82) is 0 Å². The highest BCUT2D eigenvalue weighted by molar-refractivity contribution is 5.51. The summed E-state index contributed by atoms with van der Waals surface area (Å²) in [5.41, 5.74) is 6.24. The molecule has 7 heteroatoms. The van der Waals surface area contributed by atoms with Crippen LogP contribution in [0.2, 0.25) is 0 Å². The van der Waals surface area contributed by atoms with Crippen LogP contribution in [0.4, 0.5) is 5.82 Å². The predicted octanol–water partition coefficient (Wildman–Crippen LogP) is 1.05. The van der Waals surface area contributed by atoms with Crippen LogP contribution in [-0.2, 0) is 0 Å².